The van der Waals surface area contributed by atoms with Crippen LogP contribution in [0.3, 0.4) is 0 Å². The van der Waals surface area contributed by atoms with Crippen molar-refractivity contribution in [3.63, 3.8) is 0 Å². The van der Waals surface area contributed by atoms with Gasteiger partial charge >= 0.3 is 11.9 Å². The zero-order valence-electron chi connectivity index (χ0n) is 12.3. The van der Waals surface area contributed by atoms with Gasteiger partial charge in [-0.2, -0.15) is 0 Å². The average molecular weight is 414 g/mol. The molecule has 0 aromatic carbocycles. The SMILES string of the molecule is CC(=O)O[C@@H]1[C@H]2OC(C)(C)O[C@H]2O[C@@H]1[C@H](CI)OC(C)=O. The Balaban J connectivity index is 2.17. The standard InChI is InChI=1S/C13H19IO7/c1-6(15)17-8(5-14)9-10(18-7(2)16)11-12(19-9)21-13(3,4)20-11/h8-12H,5H2,1-4H3/t8-,9+,10-,11+,12+/m0/s1. The summed E-state index contributed by atoms with van der Waals surface area (Å²) in [7, 11) is 0. The maximum absolute atomic E-state index is 11.3. The van der Waals surface area contributed by atoms with Gasteiger partial charge in [-0.1, -0.05) is 22.6 Å². The molecule has 0 spiro atoms. The molecule has 8 heteroatoms. The van der Waals surface area contributed by atoms with Gasteiger partial charge in [-0.15, -0.1) is 0 Å². The van der Waals surface area contributed by atoms with Crippen LogP contribution in [0.2, 0.25) is 0 Å². The molecule has 2 rings (SSSR count). The number of esters is 2. The number of halogens is 1. The minimum absolute atomic E-state index is 0.416. The zero-order valence-corrected chi connectivity index (χ0v) is 14.5. The molecule has 0 saturated carbocycles. The fourth-order valence-corrected chi connectivity index (χ4v) is 3.21. The maximum atomic E-state index is 11.3. The number of carbonyl (C=O) groups is 2. The van der Waals surface area contributed by atoms with Crippen molar-refractivity contribution >= 4 is 34.5 Å². The van der Waals surface area contributed by atoms with Gasteiger partial charge in [-0.05, 0) is 13.8 Å². The predicted octanol–water partition coefficient (Wildman–Crippen LogP) is 1.16. The van der Waals surface area contributed by atoms with Gasteiger partial charge in [-0.25, -0.2) is 0 Å². The predicted molar refractivity (Wildman–Crippen MR) is 78.7 cm³/mol. The summed E-state index contributed by atoms with van der Waals surface area (Å²) in [6.07, 6.45) is -2.99. The number of hydrogen-bond donors (Lipinski definition) is 0. The highest BCUT2D eigenvalue weighted by atomic mass is 127. The molecule has 2 heterocycles. The van der Waals surface area contributed by atoms with Crippen LogP contribution in [0.4, 0.5) is 0 Å². The molecule has 0 unspecified atom stereocenters. The number of rotatable bonds is 4. The lowest BCUT2D eigenvalue weighted by molar-refractivity contribution is -0.230. The van der Waals surface area contributed by atoms with Crippen molar-refractivity contribution in [1.29, 1.82) is 0 Å². The zero-order chi connectivity index (χ0) is 15.8. The van der Waals surface area contributed by atoms with E-state index in [2.05, 4.69) is 22.6 Å². The van der Waals surface area contributed by atoms with E-state index in [0.29, 0.717) is 4.43 Å². The highest BCUT2D eigenvalue weighted by molar-refractivity contribution is 14.1. The largest absolute Gasteiger partial charge is 0.459 e. The lowest BCUT2D eigenvalue weighted by Crippen LogP contribution is -2.45. The fraction of sp³-hybridized carbons (Fsp3) is 0.846. The number of hydrogen-bond acceptors (Lipinski definition) is 7. The molecular weight excluding hydrogens is 395 g/mol. The first-order valence-electron chi connectivity index (χ1n) is 6.65. The Hall–Kier alpha value is -0.450. The number of alkyl halides is 1. The van der Waals surface area contributed by atoms with E-state index in [1.165, 1.54) is 13.8 Å². The smallest absolute Gasteiger partial charge is 0.303 e. The van der Waals surface area contributed by atoms with Gasteiger partial charge in [0.2, 0.25) is 0 Å². The summed E-state index contributed by atoms with van der Waals surface area (Å²) < 4.78 is 28.2. The van der Waals surface area contributed by atoms with Crippen LogP contribution in [-0.4, -0.2) is 52.9 Å². The molecule has 0 aliphatic carbocycles. The van der Waals surface area contributed by atoms with Gasteiger partial charge in [0.15, 0.2) is 24.3 Å². The molecule has 0 aromatic heterocycles. The summed E-state index contributed by atoms with van der Waals surface area (Å²) in [4.78, 5) is 22.5. The van der Waals surface area contributed by atoms with Crippen LogP contribution in [0, 0.1) is 0 Å². The van der Waals surface area contributed by atoms with Crippen LogP contribution in [0.1, 0.15) is 27.7 Å². The second-order valence-corrected chi connectivity index (χ2v) is 6.33. The van der Waals surface area contributed by atoms with E-state index in [1.807, 2.05) is 0 Å². The summed E-state index contributed by atoms with van der Waals surface area (Å²) in [5, 5.41) is 0. The van der Waals surface area contributed by atoms with Crippen molar-refractivity contribution in [3.8, 4) is 0 Å². The molecule has 7 nitrogen and oxygen atoms in total. The third-order valence-corrected chi connectivity index (χ3v) is 4.03. The number of carbonyl (C=O) groups excluding carboxylic acids is 2. The van der Waals surface area contributed by atoms with Crippen LogP contribution >= 0.6 is 22.6 Å². The fourth-order valence-electron chi connectivity index (χ4n) is 2.53. The highest BCUT2D eigenvalue weighted by Crippen LogP contribution is 2.40. The van der Waals surface area contributed by atoms with Crippen LogP contribution in [-0.2, 0) is 33.3 Å². The van der Waals surface area contributed by atoms with E-state index in [0.717, 1.165) is 0 Å². The van der Waals surface area contributed by atoms with Gasteiger partial charge in [0.05, 0.1) is 0 Å². The van der Waals surface area contributed by atoms with Gasteiger partial charge in [0, 0.05) is 18.3 Å². The lowest BCUT2D eigenvalue weighted by atomic mass is 10.1. The Bertz CT molecular complexity index is 425. The van der Waals surface area contributed by atoms with E-state index < -0.39 is 48.4 Å². The molecule has 0 aromatic rings. The Morgan fingerprint density at radius 2 is 1.90 bits per heavy atom. The molecule has 2 aliphatic heterocycles. The van der Waals surface area contributed by atoms with E-state index in [1.54, 1.807) is 13.8 Å². The molecule has 0 N–H and O–H groups in total. The lowest BCUT2D eigenvalue weighted by Gasteiger charge is -2.29. The van der Waals surface area contributed by atoms with E-state index in [4.69, 9.17) is 23.7 Å². The van der Waals surface area contributed by atoms with Crippen molar-refractivity contribution in [1.82, 2.24) is 0 Å². The van der Waals surface area contributed by atoms with Gasteiger partial charge in [0.25, 0.3) is 0 Å². The van der Waals surface area contributed by atoms with Crippen LogP contribution in [0.15, 0.2) is 0 Å². The van der Waals surface area contributed by atoms with Crippen molar-refractivity contribution in [2.45, 2.75) is 64.2 Å². The summed E-state index contributed by atoms with van der Waals surface area (Å²) >= 11 is 2.09. The molecule has 2 aliphatic rings. The highest BCUT2D eigenvalue weighted by Gasteiger charge is 2.58. The minimum atomic E-state index is -0.806. The quantitative estimate of drug-likeness (QED) is 0.388. The Kier molecular flexibility index (Phi) is 5.11. The van der Waals surface area contributed by atoms with Crippen LogP contribution < -0.4 is 0 Å². The Morgan fingerprint density at radius 3 is 2.43 bits per heavy atom. The summed E-state index contributed by atoms with van der Waals surface area (Å²) in [5.41, 5.74) is 0. The Morgan fingerprint density at radius 1 is 1.24 bits per heavy atom. The van der Waals surface area contributed by atoms with Crippen molar-refractivity contribution in [2.75, 3.05) is 4.43 Å². The first kappa shape index (κ1) is 16.9. The maximum Gasteiger partial charge on any atom is 0.303 e. The first-order valence-corrected chi connectivity index (χ1v) is 8.17. The summed E-state index contributed by atoms with van der Waals surface area (Å²) in [6, 6.07) is 0. The minimum Gasteiger partial charge on any atom is -0.459 e. The number of ether oxygens (including phenoxy) is 5. The van der Waals surface area contributed by atoms with E-state index in [9.17, 15) is 9.59 Å². The average Bonchev–Trinajstić information content (AvgIpc) is 2.79. The first-order chi connectivity index (χ1) is 9.73. The molecule has 0 radical (unpaired) electrons. The molecule has 5 atom stereocenters. The van der Waals surface area contributed by atoms with Crippen molar-refractivity contribution in [3.05, 3.63) is 0 Å². The van der Waals surface area contributed by atoms with E-state index >= 15 is 0 Å². The third kappa shape index (κ3) is 3.85. The Labute approximate surface area is 136 Å². The molecule has 120 valence electrons. The second-order valence-electron chi connectivity index (χ2n) is 5.45. The van der Waals surface area contributed by atoms with E-state index in [-0.39, 0.29) is 0 Å². The van der Waals surface area contributed by atoms with Gasteiger partial charge < -0.3 is 23.7 Å². The van der Waals surface area contributed by atoms with Gasteiger partial charge in [-0.3, -0.25) is 9.59 Å². The molecular formula is C13H19IO7. The summed E-state index contributed by atoms with van der Waals surface area (Å²) in [6.45, 7) is 6.16. The summed E-state index contributed by atoms with van der Waals surface area (Å²) in [5.74, 6) is -1.67. The third-order valence-electron chi connectivity index (χ3n) is 3.16. The molecule has 2 saturated heterocycles. The van der Waals surface area contributed by atoms with Crippen molar-refractivity contribution < 1.29 is 33.3 Å². The van der Waals surface area contributed by atoms with Gasteiger partial charge in [0.1, 0.15) is 12.2 Å². The van der Waals surface area contributed by atoms with Crippen LogP contribution in [0.25, 0.3) is 0 Å². The topological polar surface area (TPSA) is 80.3 Å². The normalized spacial score (nSPS) is 35.1. The molecule has 21 heavy (non-hydrogen) atoms. The molecule has 0 bridgehead atoms. The van der Waals surface area contributed by atoms with Crippen molar-refractivity contribution in [2.24, 2.45) is 0 Å². The second kappa shape index (κ2) is 6.35. The van der Waals surface area contributed by atoms with Crippen LogP contribution in [0.5, 0.6) is 0 Å². The number of fused-ring (bicyclic) bond motifs is 1. The monoisotopic (exact) mass is 414 g/mol. The molecule has 2 fully saturated rings. The molecule has 0 amide bonds.